The third-order valence-electron chi connectivity index (χ3n) is 7.94. The summed E-state index contributed by atoms with van der Waals surface area (Å²) in [6, 6.07) is 8.29. The van der Waals surface area contributed by atoms with Gasteiger partial charge in [0.2, 0.25) is 0 Å². The van der Waals surface area contributed by atoms with Crippen LogP contribution in [0.25, 0.3) is 10.9 Å². The molecule has 0 bridgehead atoms. The third kappa shape index (κ3) is 3.51. The van der Waals surface area contributed by atoms with E-state index >= 15 is 0 Å². The lowest BCUT2D eigenvalue weighted by molar-refractivity contribution is 0.0708. The molecule has 2 fully saturated rings. The molecule has 3 aliphatic heterocycles. The van der Waals surface area contributed by atoms with Crippen molar-refractivity contribution in [3.63, 3.8) is 0 Å². The Labute approximate surface area is 207 Å². The average molecular weight is 494 g/mol. The molecule has 0 spiro atoms. The van der Waals surface area contributed by atoms with E-state index in [1.165, 1.54) is 12.1 Å². The Morgan fingerprint density at radius 1 is 1.08 bits per heavy atom. The molecule has 1 amide bonds. The Kier molecular flexibility index (Phi) is 4.93. The largest absolute Gasteiger partial charge is 0.489 e. The van der Waals surface area contributed by atoms with E-state index in [2.05, 4.69) is 14.8 Å². The minimum absolute atomic E-state index is 0.00721. The number of nitrogens with one attached hydrogen (secondary N) is 1. The van der Waals surface area contributed by atoms with Gasteiger partial charge in [0.25, 0.3) is 5.91 Å². The fourth-order valence-electron chi connectivity index (χ4n) is 5.97. The Morgan fingerprint density at radius 2 is 1.92 bits per heavy atom. The molecule has 36 heavy (non-hydrogen) atoms. The maximum Gasteiger partial charge on any atom is 0.254 e. The maximum absolute atomic E-state index is 14.2. The maximum atomic E-state index is 14.2. The first-order chi connectivity index (χ1) is 17.5. The van der Waals surface area contributed by atoms with Crippen LogP contribution in [0.1, 0.15) is 47.9 Å². The monoisotopic (exact) mass is 493 g/mol. The van der Waals surface area contributed by atoms with Gasteiger partial charge in [-0.3, -0.25) is 4.79 Å². The number of amides is 1. The molecule has 1 aromatic heterocycles. The van der Waals surface area contributed by atoms with E-state index in [0.717, 1.165) is 49.3 Å². The van der Waals surface area contributed by atoms with E-state index in [-0.39, 0.29) is 18.1 Å². The molecule has 188 valence electrons. The molecule has 3 aromatic rings. The van der Waals surface area contributed by atoms with Gasteiger partial charge in [0.15, 0.2) is 11.6 Å². The molecule has 4 aliphatic rings. The zero-order valence-electron chi connectivity index (χ0n) is 20.0. The van der Waals surface area contributed by atoms with Gasteiger partial charge in [-0.25, -0.2) is 8.78 Å². The molecule has 7 rings (SSSR count). The van der Waals surface area contributed by atoms with Crippen LogP contribution in [0.3, 0.4) is 0 Å². The van der Waals surface area contributed by atoms with E-state index in [9.17, 15) is 13.6 Å². The molecule has 1 saturated carbocycles. The van der Waals surface area contributed by atoms with Gasteiger partial charge < -0.3 is 30.2 Å². The first-order valence-electron chi connectivity index (χ1n) is 12.8. The Bertz CT molecular complexity index is 1380. The van der Waals surface area contributed by atoms with Crippen molar-refractivity contribution in [2.75, 3.05) is 36.5 Å². The number of hydrogen-bond donors (Lipinski definition) is 2. The second-order valence-electron chi connectivity index (χ2n) is 10.6. The summed E-state index contributed by atoms with van der Waals surface area (Å²) in [5, 5.41) is 4.29. The number of anilines is 2. The summed E-state index contributed by atoms with van der Waals surface area (Å²) in [7, 11) is 0. The lowest BCUT2D eigenvalue weighted by Gasteiger charge is -2.33. The summed E-state index contributed by atoms with van der Waals surface area (Å²) >= 11 is 0. The number of nitrogens with zero attached hydrogens (tertiary/aromatic N) is 3. The van der Waals surface area contributed by atoms with Gasteiger partial charge in [-0.1, -0.05) is 0 Å². The first kappa shape index (κ1) is 21.9. The van der Waals surface area contributed by atoms with Crippen LogP contribution in [-0.4, -0.2) is 47.7 Å². The van der Waals surface area contributed by atoms with E-state index in [1.807, 2.05) is 23.1 Å². The highest BCUT2D eigenvalue weighted by Gasteiger charge is 2.39. The number of rotatable bonds is 4. The van der Waals surface area contributed by atoms with Crippen LogP contribution < -0.4 is 20.7 Å². The molecule has 7 nitrogen and oxygen atoms in total. The zero-order chi connectivity index (χ0) is 24.6. The minimum atomic E-state index is -0.838. The van der Waals surface area contributed by atoms with Crippen LogP contribution in [0.15, 0.2) is 30.3 Å². The molecule has 3 N–H and O–H groups in total. The SMILES string of the molecule is NC1CCCN(C(=O)c2cc3c4c(c2)OCCN4[C@H](c2cc4cc(F)c(F)cc4n2CC2CC2)N3)C1. The third-order valence-corrected chi connectivity index (χ3v) is 7.94. The Balaban J connectivity index is 1.28. The summed E-state index contributed by atoms with van der Waals surface area (Å²) in [6.07, 6.45) is 3.90. The van der Waals surface area contributed by atoms with Crippen LogP contribution in [0.5, 0.6) is 5.75 Å². The lowest BCUT2D eigenvalue weighted by atomic mass is 10.0. The van der Waals surface area contributed by atoms with Crippen LogP contribution in [0.2, 0.25) is 0 Å². The molecule has 2 atom stereocenters. The van der Waals surface area contributed by atoms with Gasteiger partial charge in [0.05, 0.1) is 23.4 Å². The van der Waals surface area contributed by atoms with Crippen LogP contribution in [-0.2, 0) is 6.54 Å². The van der Waals surface area contributed by atoms with Crippen molar-refractivity contribution in [1.82, 2.24) is 9.47 Å². The number of fused-ring (bicyclic) bond motifs is 1. The van der Waals surface area contributed by atoms with Gasteiger partial charge in [-0.2, -0.15) is 0 Å². The van der Waals surface area contributed by atoms with Gasteiger partial charge in [0.1, 0.15) is 24.2 Å². The van der Waals surface area contributed by atoms with Crippen LogP contribution in [0, 0.1) is 17.6 Å². The number of ether oxygens (including phenoxy) is 1. The van der Waals surface area contributed by atoms with Crippen molar-refractivity contribution in [2.24, 2.45) is 11.7 Å². The number of aromatic nitrogens is 1. The summed E-state index contributed by atoms with van der Waals surface area (Å²) in [6.45, 7) is 3.19. The summed E-state index contributed by atoms with van der Waals surface area (Å²) in [5.41, 5.74) is 10.1. The Hall–Kier alpha value is -3.33. The van der Waals surface area contributed by atoms with Crippen LogP contribution >= 0.6 is 0 Å². The molecule has 4 heterocycles. The molecule has 1 saturated heterocycles. The van der Waals surface area contributed by atoms with Gasteiger partial charge in [0, 0.05) is 42.7 Å². The number of piperidine rings is 1. The first-order valence-corrected chi connectivity index (χ1v) is 12.8. The molecular weight excluding hydrogens is 464 g/mol. The zero-order valence-corrected chi connectivity index (χ0v) is 20.0. The van der Waals surface area contributed by atoms with Crippen molar-refractivity contribution in [3.8, 4) is 5.75 Å². The standard InChI is InChI=1S/C27H29F2N5O2/c28-19-8-16-10-23(34(13-15-3-4-15)22(16)12-20(19)29)26-31-21-9-17(11-24-25(21)33(26)6-7-36-24)27(35)32-5-1-2-18(30)14-32/h8-12,15,18,26,31H,1-7,13-14,30H2/t18?,26-/m1/s1. The number of hydrogen-bond acceptors (Lipinski definition) is 5. The summed E-state index contributed by atoms with van der Waals surface area (Å²) in [4.78, 5) is 17.4. The predicted molar refractivity (Wildman–Crippen MR) is 133 cm³/mol. The quantitative estimate of drug-likeness (QED) is 0.570. The summed E-state index contributed by atoms with van der Waals surface area (Å²) < 4.78 is 36.4. The van der Waals surface area contributed by atoms with E-state index < -0.39 is 11.6 Å². The molecule has 9 heteroatoms. The highest BCUT2D eigenvalue weighted by atomic mass is 19.2. The fourth-order valence-corrected chi connectivity index (χ4v) is 5.97. The molecule has 1 aliphatic carbocycles. The van der Waals surface area contributed by atoms with Crippen molar-refractivity contribution < 1.29 is 18.3 Å². The predicted octanol–water partition coefficient (Wildman–Crippen LogP) is 4.22. The normalized spacial score (nSPS) is 23.0. The van der Waals surface area contributed by atoms with Gasteiger partial charge in [-0.15, -0.1) is 0 Å². The smallest absolute Gasteiger partial charge is 0.254 e. The Morgan fingerprint density at radius 3 is 2.72 bits per heavy atom. The molecule has 1 unspecified atom stereocenters. The fraction of sp³-hybridized carbons (Fsp3) is 0.444. The molecular formula is C27H29F2N5O2. The highest BCUT2D eigenvalue weighted by Crippen LogP contribution is 2.50. The van der Waals surface area contributed by atoms with E-state index in [0.29, 0.717) is 54.4 Å². The number of carbonyl (C=O) groups is 1. The van der Waals surface area contributed by atoms with Crippen LogP contribution in [0.4, 0.5) is 20.2 Å². The number of carbonyl (C=O) groups excluding carboxylic acids is 1. The van der Waals surface area contributed by atoms with Crippen molar-refractivity contribution in [2.45, 2.75) is 44.4 Å². The minimum Gasteiger partial charge on any atom is -0.489 e. The number of halogens is 2. The molecule has 2 aromatic carbocycles. The van der Waals surface area contributed by atoms with E-state index in [4.69, 9.17) is 10.5 Å². The second-order valence-corrected chi connectivity index (χ2v) is 10.6. The second kappa shape index (κ2) is 8.09. The van der Waals surface area contributed by atoms with E-state index in [1.54, 1.807) is 0 Å². The number of likely N-dealkylation sites (tertiary alicyclic amines) is 1. The number of nitrogens with two attached hydrogens (primary N) is 1. The van der Waals surface area contributed by atoms with Gasteiger partial charge in [-0.05, 0) is 55.9 Å². The number of benzene rings is 2. The average Bonchev–Trinajstić information content (AvgIpc) is 3.53. The summed E-state index contributed by atoms with van der Waals surface area (Å²) in [5.74, 6) is -0.475. The van der Waals surface area contributed by atoms with Crippen molar-refractivity contribution in [3.05, 3.63) is 53.2 Å². The topological polar surface area (TPSA) is 75.8 Å². The van der Waals surface area contributed by atoms with Crippen molar-refractivity contribution >= 4 is 28.2 Å². The molecule has 0 radical (unpaired) electrons. The van der Waals surface area contributed by atoms with Crippen molar-refractivity contribution in [1.29, 1.82) is 0 Å². The van der Waals surface area contributed by atoms with Gasteiger partial charge >= 0.3 is 0 Å². The highest BCUT2D eigenvalue weighted by molar-refractivity contribution is 5.99. The lowest BCUT2D eigenvalue weighted by Crippen LogP contribution is -2.45.